The highest BCUT2D eigenvalue weighted by Crippen LogP contribution is 2.29. The number of fused-ring (bicyclic) bond motifs is 3. The van der Waals surface area contributed by atoms with Crippen molar-refractivity contribution < 1.29 is 5.11 Å². The third kappa shape index (κ3) is 2.88. The topological polar surface area (TPSA) is 20.2 Å². The number of aliphatic hydroxyl groups is 1. The second-order valence-corrected chi connectivity index (χ2v) is 6.57. The molecule has 120 valence electrons. The maximum absolute atomic E-state index is 8.94. The zero-order valence-corrected chi connectivity index (χ0v) is 13.8. The Morgan fingerprint density at radius 2 is 1.25 bits per heavy atom. The van der Waals surface area contributed by atoms with E-state index in [1.54, 1.807) is 0 Å². The van der Waals surface area contributed by atoms with E-state index >= 15 is 0 Å². The van der Waals surface area contributed by atoms with Crippen molar-refractivity contribution in [3.63, 3.8) is 0 Å². The highest BCUT2D eigenvalue weighted by Gasteiger charge is 2.05. The molecule has 24 heavy (non-hydrogen) atoms. The standard InChI is InChI=1S/C23H22O/c24-12-5-1-2-7-17-10-6-11-20-15-21-13-18-8-3-4-9-19(18)14-22(21)16-23(17)20/h3-4,6,8-11,13-16,24H,1-2,5,7,12H2. The summed E-state index contributed by atoms with van der Waals surface area (Å²) in [6.07, 6.45) is 4.21. The van der Waals surface area contributed by atoms with Crippen LogP contribution < -0.4 is 0 Å². The van der Waals surface area contributed by atoms with Crippen LogP contribution in [0.5, 0.6) is 0 Å². The molecule has 0 bridgehead atoms. The van der Waals surface area contributed by atoms with Crippen LogP contribution in [0.1, 0.15) is 24.8 Å². The minimum absolute atomic E-state index is 0.299. The van der Waals surface area contributed by atoms with Gasteiger partial charge in [-0.15, -0.1) is 0 Å². The van der Waals surface area contributed by atoms with Crippen molar-refractivity contribution >= 4 is 32.3 Å². The van der Waals surface area contributed by atoms with E-state index in [2.05, 4.69) is 66.7 Å². The summed E-state index contributed by atoms with van der Waals surface area (Å²) in [5.41, 5.74) is 1.42. The van der Waals surface area contributed by atoms with Crippen LogP contribution in [0.3, 0.4) is 0 Å². The van der Waals surface area contributed by atoms with Gasteiger partial charge in [0.15, 0.2) is 0 Å². The van der Waals surface area contributed by atoms with Crippen molar-refractivity contribution in [2.75, 3.05) is 6.61 Å². The van der Waals surface area contributed by atoms with Gasteiger partial charge in [0.05, 0.1) is 0 Å². The molecule has 0 fully saturated rings. The van der Waals surface area contributed by atoms with Gasteiger partial charge in [-0.3, -0.25) is 0 Å². The lowest BCUT2D eigenvalue weighted by Crippen LogP contribution is -1.90. The van der Waals surface area contributed by atoms with Gasteiger partial charge in [-0.05, 0) is 81.4 Å². The van der Waals surface area contributed by atoms with Crippen LogP contribution >= 0.6 is 0 Å². The molecule has 0 aliphatic heterocycles. The minimum atomic E-state index is 0.299. The van der Waals surface area contributed by atoms with E-state index < -0.39 is 0 Å². The molecule has 4 aromatic rings. The fourth-order valence-electron chi connectivity index (χ4n) is 3.61. The van der Waals surface area contributed by atoms with Crippen LogP contribution in [0.4, 0.5) is 0 Å². The van der Waals surface area contributed by atoms with Crippen molar-refractivity contribution in [3.8, 4) is 0 Å². The SMILES string of the molecule is OCCCCCc1cccc2cc3cc4ccccc4cc3cc12. The predicted octanol–water partition coefficient (Wildman–Crippen LogP) is 5.85. The van der Waals surface area contributed by atoms with Gasteiger partial charge in [0.2, 0.25) is 0 Å². The van der Waals surface area contributed by atoms with Gasteiger partial charge in [-0.25, -0.2) is 0 Å². The second-order valence-electron chi connectivity index (χ2n) is 6.57. The summed E-state index contributed by atoms with van der Waals surface area (Å²) >= 11 is 0. The van der Waals surface area contributed by atoms with E-state index in [1.165, 1.54) is 37.9 Å². The van der Waals surface area contributed by atoms with Crippen LogP contribution in [0.15, 0.2) is 66.7 Å². The fraction of sp³-hybridized carbons (Fsp3) is 0.217. The number of rotatable bonds is 5. The number of hydrogen-bond donors (Lipinski definition) is 1. The first kappa shape index (κ1) is 15.2. The molecule has 0 saturated heterocycles. The largest absolute Gasteiger partial charge is 0.396 e. The minimum Gasteiger partial charge on any atom is -0.396 e. The Bertz CT molecular complexity index is 1000. The molecule has 1 nitrogen and oxygen atoms in total. The molecule has 1 heteroatoms. The van der Waals surface area contributed by atoms with Gasteiger partial charge in [0, 0.05) is 6.61 Å². The number of aryl methyl sites for hydroxylation is 1. The van der Waals surface area contributed by atoms with Gasteiger partial charge in [-0.1, -0.05) is 48.9 Å². The molecule has 0 aliphatic rings. The summed E-state index contributed by atoms with van der Waals surface area (Å²) < 4.78 is 0. The lowest BCUT2D eigenvalue weighted by molar-refractivity contribution is 0.283. The summed E-state index contributed by atoms with van der Waals surface area (Å²) in [5.74, 6) is 0. The smallest absolute Gasteiger partial charge is 0.0431 e. The Morgan fingerprint density at radius 1 is 0.583 bits per heavy atom. The molecular weight excluding hydrogens is 292 g/mol. The van der Waals surface area contributed by atoms with Crippen LogP contribution in [0.25, 0.3) is 32.3 Å². The third-order valence-corrected chi connectivity index (χ3v) is 4.90. The van der Waals surface area contributed by atoms with Crippen molar-refractivity contribution in [1.82, 2.24) is 0 Å². The van der Waals surface area contributed by atoms with Gasteiger partial charge in [-0.2, -0.15) is 0 Å². The summed E-state index contributed by atoms with van der Waals surface area (Å²) in [6.45, 7) is 0.299. The van der Waals surface area contributed by atoms with E-state index in [0.717, 1.165) is 25.7 Å². The van der Waals surface area contributed by atoms with Gasteiger partial charge < -0.3 is 5.11 Å². The van der Waals surface area contributed by atoms with E-state index in [4.69, 9.17) is 5.11 Å². The van der Waals surface area contributed by atoms with Crippen LogP contribution in [-0.2, 0) is 6.42 Å². The van der Waals surface area contributed by atoms with E-state index in [0.29, 0.717) is 6.61 Å². The number of unbranched alkanes of at least 4 members (excludes halogenated alkanes) is 2. The first-order valence-electron chi connectivity index (χ1n) is 8.80. The first-order chi connectivity index (χ1) is 11.8. The quantitative estimate of drug-likeness (QED) is 0.362. The zero-order chi connectivity index (χ0) is 16.4. The normalized spacial score (nSPS) is 11.5. The Balaban J connectivity index is 1.81. The lowest BCUT2D eigenvalue weighted by atomic mass is 9.95. The molecule has 0 aromatic heterocycles. The molecule has 0 radical (unpaired) electrons. The summed E-state index contributed by atoms with van der Waals surface area (Å²) in [5, 5.41) is 16.8. The molecular formula is C23H22O. The molecule has 4 aromatic carbocycles. The van der Waals surface area contributed by atoms with Crippen LogP contribution in [0.2, 0.25) is 0 Å². The molecule has 0 atom stereocenters. The Labute approximate surface area is 142 Å². The van der Waals surface area contributed by atoms with E-state index in [-0.39, 0.29) is 0 Å². The monoisotopic (exact) mass is 314 g/mol. The summed E-state index contributed by atoms with van der Waals surface area (Å²) in [6, 6.07) is 24.4. The molecule has 0 saturated carbocycles. The summed E-state index contributed by atoms with van der Waals surface area (Å²) in [4.78, 5) is 0. The number of benzene rings is 4. The Morgan fingerprint density at radius 3 is 2.00 bits per heavy atom. The van der Waals surface area contributed by atoms with Crippen molar-refractivity contribution in [2.24, 2.45) is 0 Å². The third-order valence-electron chi connectivity index (χ3n) is 4.90. The average Bonchev–Trinajstić information content (AvgIpc) is 2.62. The van der Waals surface area contributed by atoms with Crippen molar-refractivity contribution in [1.29, 1.82) is 0 Å². The maximum Gasteiger partial charge on any atom is 0.0431 e. The molecule has 0 amide bonds. The molecule has 0 unspecified atom stereocenters. The van der Waals surface area contributed by atoms with Gasteiger partial charge in [0.1, 0.15) is 0 Å². The molecule has 0 heterocycles. The summed E-state index contributed by atoms with van der Waals surface area (Å²) in [7, 11) is 0. The first-order valence-corrected chi connectivity index (χ1v) is 8.80. The molecule has 0 spiro atoms. The van der Waals surface area contributed by atoms with Crippen LogP contribution in [0, 0.1) is 0 Å². The average molecular weight is 314 g/mol. The fourth-order valence-corrected chi connectivity index (χ4v) is 3.61. The molecule has 1 N–H and O–H groups in total. The van der Waals surface area contributed by atoms with Gasteiger partial charge in [0.25, 0.3) is 0 Å². The predicted molar refractivity (Wildman–Crippen MR) is 104 cm³/mol. The van der Waals surface area contributed by atoms with E-state index in [1.807, 2.05) is 0 Å². The number of aliphatic hydroxyl groups excluding tert-OH is 1. The highest BCUT2D eigenvalue weighted by atomic mass is 16.2. The van der Waals surface area contributed by atoms with Crippen molar-refractivity contribution in [3.05, 3.63) is 72.3 Å². The Hall–Kier alpha value is -2.38. The zero-order valence-electron chi connectivity index (χ0n) is 13.8. The molecule has 4 rings (SSSR count). The lowest BCUT2D eigenvalue weighted by Gasteiger charge is -2.09. The Kier molecular flexibility index (Phi) is 4.18. The molecule has 0 aliphatic carbocycles. The van der Waals surface area contributed by atoms with Gasteiger partial charge >= 0.3 is 0 Å². The second kappa shape index (κ2) is 6.62. The number of hydrogen-bond acceptors (Lipinski definition) is 1. The van der Waals surface area contributed by atoms with Crippen molar-refractivity contribution in [2.45, 2.75) is 25.7 Å². The van der Waals surface area contributed by atoms with E-state index in [9.17, 15) is 0 Å². The maximum atomic E-state index is 8.94. The highest BCUT2D eigenvalue weighted by molar-refractivity contribution is 6.05. The van der Waals surface area contributed by atoms with Crippen LogP contribution in [-0.4, -0.2) is 11.7 Å².